The van der Waals surface area contributed by atoms with Crippen LogP contribution in [-0.4, -0.2) is 77.3 Å². The Morgan fingerprint density at radius 3 is 2.53 bits per heavy atom. The summed E-state index contributed by atoms with van der Waals surface area (Å²) in [5.74, 6) is 0.318. The van der Waals surface area contributed by atoms with Crippen LogP contribution < -0.4 is 19.3 Å². The van der Waals surface area contributed by atoms with Crippen molar-refractivity contribution in [2.45, 2.75) is 45.4 Å². The molecule has 4 aromatic rings. The highest BCUT2D eigenvalue weighted by molar-refractivity contribution is 5.97. The van der Waals surface area contributed by atoms with E-state index in [2.05, 4.69) is 65.8 Å². The van der Waals surface area contributed by atoms with Crippen LogP contribution in [0.1, 0.15) is 30.2 Å². The number of carbonyl (C=O) groups excluding carboxylic acids is 2. The van der Waals surface area contributed by atoms with Crippen molar-refractivity contribution >= 4 is 40.0 Å². The van der Waals surface area contributed by atoms with Gasteiger partial charge in [0.15, 0.2) is 0 Å². The smallest absolute Gasteiger partial charge is 0.467 e. The number of benzene rings is 3. The van der Waals surface area contributed by atoms with Crippen LogP contribution in [0.5, 0.6) is 11.8 Å². The number of methoxy groups -OCH3 is 1. The average molecular weight is 692 g/mol. The van der Waals surface area contributed by atoms with Crippen LogP contribution >= 0.6 is 0 Å². The topological polar surface area (TPSA) is 164 Å². The number of nitrogens with zero attached hydrogens (tertiary/aromatic N) is 7. The van der Waals surface area contributed by atoms with Crippen LogP contribution in [0.25, 0.3) is 10.8 Å². The molecule has 262 valence electrons. The van der Waals surface area contributed by atoms with Gasteiger partial charge in [0, 0.05) is 54.9 Å². The first kappa shape index (κ1) is 34.6. The van der Waals surface area contributed by atoms with Gasteiger partial charge in [-0.25, -0.2) is 4.79 Å². The monoisotopic (exact) mass is 691 g/mol. The molecule has 0 spiro atoms. The molecule has 51 heavy (non-hydrogen) atoms. The van der Waals surface area contributed by atoms with Crippen LogP contribution in [0.2, 0.25) is 0 Å². The summed E-state index contributed by atoms with van der Waals surface area (Å²) in [6.45, 7) is 9.87. The molecule has 3 heterocycles. The van der Waals surface area contributed by atoms with E-state index in [0.717, 1.165) is 29.3 Å². The maximum atomic E-state index is 13.7. The minimum absolute atomic E-state index is 0.0110. The lowest BCUT2D eigenvalue weighted by molar-refractivity contribution is -0.384. The van der Waals surface area contributed by atoms with Gasteiger partial charge < -0.3 is 28.9 Å². The molecule has 2 aliphatic heterocycles. The van der Waals surface area contributed by atoms with Crippen molar-refractivity contribution in [3.8, 4) is 17.8 Å². The maximum Gasteiger partial charge on any atom is 0.514 e. The van der Waals surface area contributed by atoms with E-state index in [1.165, 1.54) is 54.6 Å². The third-order valence-electron chi connectivity index (χ3n) is 9.29. The number of anilines is 2. The van der Waals surface area contributed by atoms with E-state index in [0.29, 0.717) is 26.1 Å². The third kappa shape index (κ3) is 7.23. The molecule has 14 nitrogen and oxygen atoms in total. The zero-order valence-corrected chi connectivity index (χ0v) is 28.6. The molecule has 0 aliphatic carbocycles. The highest BCUT2D eigenvalue weighted by Gasteiger charge is 2.36. The molecule has 0 saturated carbocycles. The molecule has 14 heteroatoms. The summed E-state index contributed by atoms with van der Waals surface area (Å²) in [5.41, 5.74) is 4.08. The number of amides is 1. The van der Waals surface area contributed by atoms with E-state index in [4.69, 9.17) is 24.2 Å². The molecular weight excluding hydrogens is 654 g/mol. The van der Waals surface area contributed by atoms with Gasteiger partial charge in [-0.05, 0) is 49.4 Å². The van der Waals surface area contributed by atoms with E-state index in [1.807, 2.05) is 0 Å². The van der Waals surface area contributed by atoms with Crippen molar-refractivity contribution in [3.63, 3.8) is 0 Å². The van der Waals surface area contributed by atoms with Crippen molar-refractivity contribution in [1.82, 2.24) is 14.9 Å². The number of piperazine rings is 1. The summed E-state index contributed by atoms with van der Waals surface area (Å²) in [7, 11) is 1.53. The van der Waals surface area contributed by atoms with Gasteiger partial charge >= 0.3 is 12.2 Å². The van der Waals surface area contributed by atoms with Gasteiger partial charge in [-0.2, -0.15) is 15.2 Å². The zero-order valence-electron chi connectivity index (χ0n) is 28.6. The summed E-state index contributed by atoms with van der Waals surface area (Å²) in [6, 6.07) is 19.5. The predicted molar refractivity (Wildman–Crippen MR) is 189 cm³/mol. The molecule has 2 aliphatic rings. The summed E-state index contributed by atoms with van der Waals surface area (Å²) in [4.78, 5) is 51.9. The molecule has 1 saturated heterocycles. The molecule has 1 fully saturated rings. The Kier molecular flexibility index (Phi) is 9.99. The van der Waals surface area contributed by atoms with Crippen LogP contribution in [0.4, 0.5) is 22.0 Å². The van der Waals surface area contributed by atoms with Crippen LogP contribution in [0.15, 0.2) is 72.8 Å². The molecule has 0 radical (unpaired) electrons. The lowest BCUT2D eigenvalue weighted by atomic mass is 9.99. The van der Waals surface area contributed by atoms with Crippen LogP contribution in [0.3, 0.4) is 0 Å². The third-order valence-corrected chi connectivity index (χ3v) is 9.29. The first-order valence-electron chi connectivity index (χ1n) is 16.5. The first-order valence-corrected chi connectivity index (χ1v) is 16.5. The van der Waals surface area contributed by atoms with Crippen molar-refractivity contribution < 1.29 is 28.7 Å². The fraction of sp³-hybridized carbons (Fsp3) is 0.324. The normalized spacial score (nSPS) is 16.1. The largest absolute Gasteiger partial charge is 0.514 e. The van der Waals surface area contributed by atoms with E-state index in [9.17, 15) is 25.0 Å². The summed E-state index contributed by atoms with van der Waals surface area (Å²) >= 11 is 0. The van der Waals surface area contributed by atoms with Crippen molar-refractivity contribution in [2.24, 2.45) is 0 Å². The quantitative estimate of drug-likeness (QED) is 0.0712. The molecule has 1 aromatic heterocycles. The fourth-order valence-electron chi connectivity index (χ4n) is 6.64. The lowest BCUT2D eigenvalue weighted by Gasteiger charge is -2.43. The van der Waals surface area contributed by atoms with Crippen molar-refractivity contribution in [1.29, 1.82) is 5.26 Å². The molecule has 2 atom stereocenters. The molecular formula is C37H37N7O7. The second-order valence-corrected chi connectivity index (χ2v) is 12.4. The Labute approximate surface area is 294 Å². The number of carbonyl (C=O) groups is 2. The van der Waals surface area contributed by atoms with Crippen LogP contribution in [0, 0.1) is 28.4 Å². The number of hydrogen-bond donors (Lipinski definition) is 0. The lowest BCUT2D eigenvalue weighted by Crippen LogP contribution is -2.56. The standard InChI is InChI=1S/C37H37N7O7/c1-23-7-5-8-26-9-6-10-32(33(23)26)41-18-16-30-31(22-41)39-36(49-4)40-34(30)42-19-20-43(28(21-42)15-17-38)35(45)24(2)25(3)50-37(46)51-29-13-11-27(12-14-29)44(47)48/h5-14,25,28H,2,15-16,18-22H2,1,3-4H3. The van der Waals surface area contributed by atoms with Crippen molar-refractivity contribution in [2.75, 3.05) is 43.1 Å². The molecule has 6 rings (SSSR count). The van der Waals surface area contributed by atoms with Crippen LogP contribution in [-0.2, 0) is 22.5 Å². The molecule has 0 bridgehead atoms. The molecule has 2 unspecified atom stereocenters. The first-order chi connectivity index (χ1) is 24.6. The van der Waals surface area contributed by atoms with Gasteiger partial charge in [-0.3, -0.25) is 14.9 Å². The van der Waals surface area contributed by atoms with Gasteiger partial charge in [0.25, 0.3) is 11.6 Å². The SMILES string of the molecule is C=C(C(=O)N1CCN(c2nc(OC)nc3c2CCN(c2cccc4cccc(C)c24)C3)CC1CC#N)C(C)OC(=O)Oc1ccc([N+](=O)[O-])cc1. The number of fused-ring (bicyclic) bond motifs is 2. The average Bonchev–Trinajstić information content (AvgIpc) is 3.13. The zero-order chi connectivity index (χ0) is 36.2. The number of nitro benzene ring substituents is 1. The number of non-ortho nitro benzene ring substituents is 1. The molecule has 3 aromatic carbocycles. The number of ether oxygens (including phenoxy) is 3. The number of rotatable bonds is 9. The minimum atomic E-state index is -1.10. The fourth-order valence-corrected chi connectivity index (χ4v) is 6.64. The Bertz CT molecular complexity index is 2040. The highest BCUT2D eigenvalue weighted by Crippen LogP contribution is 2.36. The Hall–Kier alpha value is -6.23. The molecule has 1 amide bonds. The highest BCUT2D eigenvalue weighted by atomic mass is 16.7. The number of nitriles is 1. The van der Waals surface area contributed by atoms with Gasteiger partial charge in [0.2, 0.25) is 0 Å². The molecule has 0 N–H and O–H groups in total. The summed E-state index contributed by atoms with van der Waals surface area (Å²) < 4.78 is 16.0. The Morgan fingerprint density at radius 1 is 1.08 bits per heavy atom. The van der Waals surface area contributed by atoms with Crippen molar-refractivity contribution in [3.05, 3.63) is 99.8 Å². The number of aromatic nitrogens is 2. The van der Waals surface area contributed by atoms with E-state index < -0.39 is 29.1 Å². The minimum Gasteiger partial charge on any atom is -0.467 e. The predicted octanol–water partition coefficient (Wildman–Crippen LogP) is 5.51. The maximum absolute atomic E-state index is 13.7. The van der Waals surface area contributed by atoms with E-state index in [1.54, 1.807) is 4.90 Å². The van der Waals surface area contributed by atoms with Gasteiger partial charge in [-0.1, -0.05) is 36.9 Å². The summed E-state index contributed by atoms with van der Waals surface area (Å²) in [5, 5.41) is 23.0. The van der Waals surface area contributed by atoms with E-state index >= 15 is 0 Å². The van der Waals surface area contributed by atoms with Gasteiger partial charge in [0.05, 0.1) is 48.4 Å². The van der Waals surface area contributed by atoms with Gasteiger partial charge in [0.1, 0.15) is 17.7 Å². The Morgan fingerprint density at radius 2 is 1.82 bits per heavy atom. The number of nitro groups is 1. The Balaban J connectivity index is 1.15. The second-order valence-electron chi connectivity index (χ2n) is 12.4. The second kappa shape index (κ2) is 14.7. The summed E-state index contributed by atoms with van der Waals surface area (Å²) in [6.07, 6.45) is -1.39. The number of aryl methyl sites for hydroxylation is 1. The van der Waals surface area contributed by atoms with Gasteiger partial charge in [-0.15, -0.1) is 0 Å². The number of hydrogen-bond acceptors (Lipinski definition) is 12. The van der Waals surface area contributed by atoms with E-state index in [-0.39, 0.29) is 36.0 Å².